The molecule has 0 aromatic heterocycles. The number of halogens is 4. The van der Waals surface area contributed by atoms with E-state index in [0.717, 1.165) is 6.07 Å². The number of ketones is 1. The Labute approximate surface area is 129 Å². The average molecular weight is 326 g/mol. The molecule has 0 amide bonds. The van der Waals surface area contributed by atoms with E-state index in [1.807, 2.05) is 0 Å². The lowest BCUT2D eigenvalue weighted by Gasteiger charge is -2.12. The van der Waals surface area contributed by atoms with Crippen LogP contribution in [0.5, 0.6) is 0 Å². The maximum absolute atomic E-state index is 13.9. The second-order valence-electron chi connectivity index (χ2n) is 4.16. The summed E-state index contributed by atoms with van der Waals surface area (Å²) >= 11 is 11.4. The van der Waals surface area contributed by atoms with Gasteiger partial charge in [0.05, 0.1) is 16.7 Å². The molecule has 0 saturated carbocycles. The Kier molecular flexibility index (Phi) is 4.56. The molecule has 0 saturated heterocycles. The Bertz CT molecular complexity index is 736. The van der Waals surface area contributed by atoms with Gasteiger partial charge < -0.3 is 0 Å². The maximum Gasteiger partial charge on any atom is 0.187 e. The van der Waals surface area contributed by atoms with Gasteiger partial charge in [0, 0.05) is 10.6 Å². The molecule has 0 radical (unpaired) electrons. The second kappa shape index (κ2) is 6.21. The SMILES string of the molecule is N#CC(C(=O)c1cccc(Cl)c1F)c1c(F)cccc1Cl. The number of nitrogens with zero attached hydrogens (tertiary/aromatic N) is 1. The quantitative estimate of drug-likeness (QED) is 0.763. The third kappa shape index (κ3) is 2.90. The Hall–Kier alpha value is -1.96. The summed E-state index contributed by atoms with van der Waals surface area (Å²) in [5, 5.41) is 8.84. The Morgan fingerprint density at radius 1 is 1.10 bits per heavy atom. The van der Waals surface area contributed by atoms with Gasteiger partial charge in [0.15, 0.2) is 11.6 Å². The number of carbonyl (C=O) groups is 1. The topological polar surface area (TPSA) is 40.9 Å². The largest absolute Gasteiger partial charge is 0.292 e. The molecule has 0 bridgehead atoms. The minimum Gasteiger partial charge on any atom is -0.292 e. The highest BCUT2D eigenvalue weighted by molar-refractivity contribution is 6.32. The first-order valence-electron chi connectivity index (χ1n) is 5.79. The van der Waals surface area contributed by atoms with Gasteiger partial charge >= 0.3 is 0 Å². The molecule has 2 aromatic carbocycles. The zero-order chi connectivity index (χ0) is 15.6. The molecule has 2 nitrogen and oxygen atoms in total. The second-order valence-corrected chi connectivity index (χ2v) is 4.98. The summed E-state index contributed by atoms with van der Waals surface area (Å²) in [7, 11) is 0. The molecule has 1 unspecified atom stereocenters. The zero-order valence-electron chi connectivity index (χ0n) is 10.4. The maximum atomic E-state index is 13.9. The number of benzene rings is 2. The number of hydrogen-bond acceptors (Lipinski definition) is 2. The summed E-state index contributed by atoms with van der Waals surface area (Å²) in [6, 6.07) is 9.26. The van der Waals surface area contributed by atoms with E-state index in [2.05, 4.69) is 0 Å². The van der Waals surface area contributed by atoms with Crippen molar-refractivity contribution in [1.82, 2.24) is 0 Å². The van der Waals surface area contributed by atoms with Crippen molar-refractivity contribution in [2.45, 2.75) is 5.92 Å². The summed E-state index contributed by atoms with van der Waals surface area (Å²) in [6.45, 7) is 0. The van der Waals surface area contributed by atoms with Crippen molar-refractivity contribution in [1.29, 1.82) is 5.26 Å². The number of rotatable bonds is 3. The predicted octanol–water partition coefficient (Wildman–Crippen LogP) is 4.76. The lowest BCUT2D eigenvalue weighted by atomic mass is 9.91. The summed E-state index contributed by atoms with van der Waals surface area (Å²) in [5.74, 6) is -4.20. The van der Waals surface area contributed by atoms with Gasteiger partial charge in [0.2, 0.25) is 0 Å². The molecule has 1 atom stereocenters. The lowest BCUT2D eigenvalue weighted by Crippen LogP contribution is -2.15. The van der Waals surface area contributed by atoms with E-state index in [0.29, 0.717) is 0 Å². The molecular formula is C15H7Cl2F2NO. The minimum atomic E-state index is -1.55. The first-order chi connectivity index (χ1) is 9.97. The molecule has 0 aliphatic heterocycles. The van der Waals surface area contributed by atoms with Crippen LogP contribution in [0.1, 0.15) is 21.8 Å². The summed E-state index contributed by atoms with van der Waals surface area (Å²) < 4.78 is 27.7. The van der Waals surface area contributed by atoms with Gasteiger partial charge in [-0.1, -0.05) is 35.3 Å². The van der Waals surface area contributed by atoms with Crippen LogP contribution in [0, 0.1) is 23.0 Å². The van der Waals surface area contributed by atoms with Gasteiger partial charge in [-0.25, -0.2) is 8.78 Å². The molecule has 2 rings (SSSR count). The summed E-state index contributed by atoms with van der Waals surface area (Å²) in [6.07, 6.45) is 0. The van der Waals surface area contributed by atoms with E-state index in [-0.39, 0.29) is 21.2 Å². The number of carbonyl (C=O) groups excluding carboxylic acids is 1. The van der Waals surface area contributed by atoms with Crippen LogP contribution < -0.4 is 0 Å². The first kappa shape index (κ1) is 15.4. The summed E-state index contributed by atoms with van der Waals surface area (Å²) in [4.78, 5) is 12.3. The smallest absolute Gasteiger partial charge is 0.187 e. The fourth-order valence-electron chi connectivity index (χ4n) is 1.89. The van der Waals surface area contributed by atoms with Gasteiger partial charge in [0.1, 0.15) is 11.7 Å². The summed E-state index contributed by atoms with van der Waals surface area (Å²) in [5.41, 5.74) is -0.653. The van der Waals surface area contributed by atoms with Crippen molar-refractivity contribution in [3.63, 3.8) is 0 Å². The predicted molar refractivity (Wildman–Crippen MR) is 75.5 cm³/mol. The molecule has 0 heterocycles. The molecule has 6 heteroatoms. The van der Waals surface area contributed by atoms with Crippen LogP contribution in [-0.4, -0.2) is 5.78 Å². The Morgan fingerprint density at radius 2 is 1.71 bits per heavy atom. The van der Waals surface area contributed by atoms with Gasteiger partial charge in [-0.05, 0) is 24.3 Å². The highest BCUT2D eigenvalue weighted by Crippen LogP contribution is 2.31. The highest BCUT2D eigenvalue weighted by Gasteiger charge is 2.29. The van der Waals surface area contributed by atoms with Gasteiger partial charge in [-0.3, -0.25) is 4.79 Å². The monoisotopic (exact) mass is 325 g/mol. The molecule has 0 spiro atoms. The van der Waals surface area contributed by atoms with E-state index >= 15 is 0 Å². The van der Waals surface area contributed by atoms with Crippen LogP contribution >= 0.6 is 23.2 Å². The van der Waals surface area contributed by atoms with E-state index in [9.17, 15) is 13.6 Å². The first-order valence-corrected chi connectivity index (χ1v) is 6.54. The normalized spacial score (nSPS) is 11.8. The van der Waals surface area contributed by atoms with Crippen LogP contribution in [0.25, 0.3) is 0 Å². The van der Waals surface area contributed by atoms with E-state index < -0.39 is 23.3 Å². The van der Waals surface area contributed by atoms with Crippen molar-refractivity contribution in [2.75, 3.05) is 0 Å². The van der Waals surface area contributed by atoms with Crippen molar-refractivity contribution < 1.29 is 13.6 Å². The van der Waals surface area contributed by atoms with Crippen molar-refractivity contribution in [3.8, 4) is 6.07 Å². The molecule has 21 heavy (non-hydrogen) atoms. The van der Waals surface area contributed by atoms with Gasteiger partial charge in [-0.2, -0.15) is 5.26 Å². The third-order valence-corrected chi connectivity index (χ3v) is 3.52. The van der Waals surface area contributed by atoms with Crippen LogP contribution in [-0.2, 0) is 0 Å². The average Bonchev–Trinajstić information content (AvgIpc) is 2.45. The van der Waals surface area contributed by atoms with E-state index in [1.165, 1.54) is 30.3 Å². The molecule has 0 aliphatic rings. The fraction of sp³-hybridized carbons (Fsp3) is 0.0667. The number of nitriles is 1. The Morgan fingerprint density at radius 3 is 2.33 bits per heavy atom. The van der Waals surface area contributed by atoms with Gasteiger partial charge in [-0.15, -0.1) is 0 Å². The van der Waals surface area contributed by atoms with Crippen LogP contribution in [0.3, 0.4) is 0 Å². The molecule has 0 aliphatic carbocycles. The van der Waals surface area contributed by atoms with Gasteiger partial charge in [0.25, 0.3) is 0 Å². The molecular weight excluding hydrogens is 319 g/mol. The number of Topliss-reactive ketones (excluding diaryl/α,β-unsaturated/α-hetero) is 1. The fourth-order valence-corrected chi connectivity index (χ4v) is 2.34. The van der Waals surface area contributed by atoms with E-state index in [4.69, 9.17) is 28.5 Å². The van der Waals surface area contributed by atoms with Crippen molar-refractivity contribution in [2.24, 2.45) is 0 Å². The van der Waals surface area contributed by atoms with Crippen LogP contribution in [0.4, 0.5) is 8.78 Å². The molecule has 2 aromatic rings. The standard InChI is InChI=1S/C15H7Cl2F2NO/c16-10-4-2-6-12(18)13(10)9(7-20)15(21)8-3-1-5-11(17)14(8)19/h1-6,9H. The minimum absolute atomic E-state index is 0.0719. The molecule has 0 N–H and O–H groups in total. The van der Waals surface area contributed by atoms with E-state index in [1.54, 1.807) is 6.07 Å². The molecule has 0 fully saturated rings. The highest BCUT2D eigenvalue weighted by atomic mass is 35.5. The lowest BCUT2D eigenvalue weighted by molar-refractivity contribution is 0.0973. The number of hydrogen-bond donors (Lipinski definition) is 0. The van der Waals surface area contributed by atoms with Crippen LogP contribution in [0.15, 0.2) is 36.4 Å². The molecule has 106 valence electrons. The van der Waals surface area contributed by atoms with Crippen LogP contribution in [0.2, 0.25) is 10.0 Å². The van der Waals surface area contributed by atoms with Crippen molar-refractivity contribution in [3.05, 3.63) is 69.2 Å². The third-order valence-electron chi connectivity index (χ3n) is 2.90. The zero-order valence-corrected chi connectivity index (χ0v) is 11.9. The van der Waals surface area contributed by atoms with Crippen molar-refractivity contribution >= 4 is 29.0 Å². The Balaban J connectivity index is 2.55.